The van der Waals surface area contributed by atoms with Crippen molar-refractivity contribution in [2.24, 2.45) is 0 Å². The van der Waals surface area contributed by atoms with Gasteiger partial charge in [0.2, 0.25) is 0 Å². The van der Waals surface area contributed by atoms with Crippen molar-refractivity contribution in [3.63, 3.8) is 0 Å². The Morgan fingerprint density at radius 3 is 2.62 bits per heavy atom. The Morgan fingerprint density at radius 2 is 2.08 bits per heavy atom. The van der Waals surface area contributed by atoms with Gasteiger partial charge in [-0.15, -0.1) is 0 Å². The lowest BCUT2D eigenvalue weighted by molar-refractivity contribution is 0.405. The second kappa shape index (κ2) is 4.42. The number of halogens is 1. The maximum atomic E-state index is 8.72. The molecule has 1 aromatic rings. The lowest BCUT2D eigenvalue weighted by Crippen LogP contribution is -2.15. The molecular weight excluding hydrogens is 233 g/mol. The molecule has 0 heterocycles. The van der Waals surface area contributed by atoms with Crippen molar-refractivity contribution in [3.8, 4) is 6.07 Å². The van der Waals surface area contributed by atoms with Gasteiger partial charge in [-0.2, -0.15) is 5.26 Å². The normalized spacial score (nSPS) is 9.38. The molecule has 0 aliphatic carbocycles. The van der Waals surface area contributed by atoms with E-state index in [0.29, 0.717) is 5.56 Å². The summed E-state index contributed by atoms with van der Waals surface area (Å²) >= 11 is 3.23. The van der Waals surface area contributed by atoms with E-state index in [1.165, 1.54) is 0 Å². The summed E-state index contributed by atoms with van der Waals surface area (Å²) in [5.41, 5.74) is 1.23. The molecule has 0 radical (unpaired) electrons. The van der Waals surface area contributed by atoms with Crippen molar-refractivity contribution in [3.05, 3.63) is 33.8 Å². The zero-order valence-corrected chi connectivity index (χ0v) is 8.32. The molecule has 13 heavy (non-hydrogen) atoms. The van der Waals surface area contributed by atoms with Gasteiger partial charge >= 0.3 is 7.12 Å². The monoisotopic (exact) mass is 239 g/mol. The summed E-state index contributed by atoms with van der Waals surface area (Å²) in [7, 11) is -1.37. The van der Waals surface area contributed by atoms with Gasteiger partial charge < -0.3 is 10.0 Å². The van der Waals surface area contributed by atoms with Crippen molar-refractivity contribution in [1.82, 2.24) is 0 Å². The maximum Gasteiger partial charge on any atom is 0.456 e. The summed E-state index contributed by atoms with van der Waals surface area (Å²) in [6, 6.07) is 7.04. The van der Waals surface area contributed by atoms with Gasteiger partial charge in [0.1, 0.15) is 0 Å². The van der Waals surface area contributed by atoms with E-state index in [-0.39, 0.29) is 6.32 Å². The zero-order chi connectivity index (χ0) is 9.84. The average molecular weight is 240 g/mol. The highest BCUT2D eigenvalue weighted by molar-refractivity contribution is 9.10. The number of hydrogen-bond acceptors (Lipinski definition) is 3. The zero-order valence-electron chi connectivity index (χ0n) is 6.74. The van der Waals surface area contributed by atoms with Crippen LogP contribution in [0.25, 0.3) is 0 Å². The van der Waals surface area contributed by atoms with Crippen molar-refractivity contribution >= 4 is 23.0 Å². The molecule has 2 N–H and O–H groups in total. The van der Waals surface area contributed by atoms with Gasteiger partial charge in [0.15, 0.2) is 0 Å². The molecule has 0 fully saturated rings. The van der Waals surface area contributed by atoms with E-state index >= 15 is 0 Å². The van der Waals surface area contributed by atoms with Gasteiger partial charge in [0, 0.05) is 10.8 Å². The highest BCUT2D eigenvalue weighted by Gasteiger charge is 2.09. The fourth-order valence-corrected chi connectivity index (χ4v) is 1.58. The van der Waals surface area contributed by atoms with E-state index in [9.17, 15) is 0 Å². The molecule has 0 saturated carbocycles. The summed E-state index contributed by atoms with van der Waals surface area (Å²) in [5.74, 6) is 0. The Balaban J connectivity index is 2.96. The van der Waals surface area contributed by atoms with E-state index in [1.807, 2.05) is 6.07 Å². The minimum absolute atomic E-state index is 0.133. The number of nitrogens with zero attached hydrogens (tertiary/aromatic N) is 1. The van der Waals surface area contributed by atoms with Crippen molar-refractivity contribution < 1.29 is 10.0 Å². The van der Waals surface area contributed by atoms with E-state index < -0.39 is 7.12 Å². The minimum Gasteiger partial charge on any atom is -0.427 e. The van der Waals surface area contributed by atoms with Crippen LogP contribution in [0.15, 0.2) is 22.7 Å². The van der Waals surface area contributed by atoms with E-state index in [1.54, 1.807) is 18.2 Å². The summed E-state index contributed by atoms with van der Waals surface area (Å²) in [5, 5.41) is 26.1. The van der Waals surface area contributed by atoms with Crippen LogP contribution in [0.4, 0.5) is 0 Å². The third-order valence-electron chi connectivity index (χ3n) is 1.50. The Labute approximate surface area is 84.9 Å². The van der Waals surface area contributed by atoms with Crippen LogP contribution in [0.3, 0.4) is 0 Å². The smallest absolute Gasteiger partial charge is 0.427 e. The van der Waals surface area contributed by atoms with Crippen molar-refractivity contribution in [2.45, 2.75) is 6.32 Å². The Hall–Kier alpha value is -0.825. The first kappa shape index (κ1) is 10.3. The fraction of sp³-hybridized carbons (Fsp3) is 0.125. The molecule has 0 aliphatic rings. The van der Waals surface area contributed by atoms with Crippen LogP contribution in [0.5, 0.6) is 0 Å². The first-order valence-electron chi connectivity index (χ1n) is 3.67. The minimum atomic E-state index is -1.37. The second-order valence-electron chi connectivity index (χ2n) is 2.64. The van der Waals surface area contributed by atoms with Crippen LogP contribution in [0.2, 0.25) is 0 Å². The molecule has 5 heteroatoms. The SMILES string of the molecule is N#Cc1cc(Br)cc(CB(O)O)c1. The van der Waals surface area contributed by atoms with Crippen LogP contribution >= 0.6 is 15.9 Å². The number of nitriles is 1. The summed E-state index contributed by atoms with van der Waals surface area (Å²) < 4.78 is 0.766. The van der Waals surface area contributed by atoms with Gasteiger partial charge in [-0.3, -0.25) is 0 Å². The quantitative estimate of drug-likeness (QED) is 0.754. The first-order valence-corrected chi connectivity index (χ1v) is 4.47. The van der Waals surface area contributed by atoms with Gasteiger partial charge in [-0.25, -0.2) is 0 Å². The van der Waals surface area contributed by atoms with Crippen molar-refractivity contribution in [2.75, 3.05) is 0 Å². The lowest BCUT2D eigenvalue weighted by atomic mass is 9.82. The predicted octanol–water partition coefficient (Wildman–Crippen LogP) is 0.875. The van der Waals surface area contributed by atoms with Gasteiger partial charge in [0.25, 0.3) is 0 Å². The van der Waals surface area contributed by atoms with Crippen molar-refractivity contribution in [1.29, 1.82) is 5.26 Å². The third-order valence-corrected chi connectivity index (χ3v) is 1.96. The van der Waals surface area contributed by atoms with E-state index in [2.05, 4.69) is 15.9 Å². The van der Waals surface area contributed by atoms with Gasteiger partial charge in [-0.1, -0.05) is 15.9 Å². The standard InChI is InChI=1S/C8H7BBrNO2/c10-8-2-6(4-9(12)13)1-7(3-8)5-11/h1-3,12-13H,4H2. The molecule has 0 spiro atoms. The highest BCUT2D eigenvalue weighted by Crippen LogP contribution is 2.15. The lowest BCUT2D eigenvalue weighted by Gasteiger charge is -2.01. The van der Waals surface area contributed by atoms with Crippen LogP contribution in [-0.4, -0.2) is 17.2 Å². The molecule has 0 saturated heterocycles. The molecular formula is C8H7BBrNO2. The molecule has 66 valence electrons. The molecule has 3 nitrogen and oxygen atoms in total. The molecule has 0 bridgehead atoms. The Bertz CT molecular complexity index is 348. The fourth-order valence-electron chi connectivity index (χ4n) is 1.04. The summed E-state index contributed by atoms with van der Waals surface area (Å²) in [6.45, 7) is 0. The average Bonchev–Trinajstić information content (AvgIpc) is 2.01. The number of hydrogen-bond donors (Lipinski definition) is 2. The molecule has 0 aromatic heterocycles. The topological polar surface area (TPSA) is 64.2 Å². The highest BCUT2D eigenvalue weighted by atomic mass is 79.9. The molecule has 0 amide bonds. The van der Waals surface area contributed by atoms with Crippen LogP contribution in [0.1, 0.15) is 11.1 Å². The molecule has 0 atom stereocenters. The van der Waals surface area contributed by atoms with Crippen LogP contribution in [-0.2, 0) is 6.32 Å². The molecule has 0 aliphatic heterocycles. The van der Waals surface area contributed by atoms with Crippen LogP contribution < -0.4 is 0 Å². The number of rotatable bonds is 2. The molecule has 1 aromatic carbocycles. The van der Waals surface area contributed by atoms with E-state index in [4.69, 9.17) is 15.3 Å². The summed E-state index contributed by atoms with van der Waals surface area (Å²) in [4.78, 5) is 0. The van der Waals surface area contributed by atoms with E-state index in [0.717, 1.165) is 10.0 Å². The largest absolute Gasteiger partial charge is 0.456 e. The Morgan fingerprint density at radius 1 is 1.38 bits per heavy atom. The Kier molecular flexibility index (Phi) is 3.49. The third kappa shape index (κ3) is 3.19. The second-order valence-corrected chi connectivity index (χ2v) is 3.56. The first-order chi connectivity index (χ1) is 6.11. The predicted molar refractivity (Wildman–Crippen MR) is 52.8 cm³/mol. The molecule has 1 rings (SSSR count). The van der Waals surface area contributed by atoms with Gasteiger partial charge in [0.05, 0.1) is 11.6 Å². The maximum absolute atomic E-state index is 8.72. The molecule has 0 unspecified atom stereocenters. The van der Waals surface area contributed by atoms with Gasteiger partial charge in [-0.05, 0) is 23.8 Å². The van der Waals surface area contributed by atoms with Crippen LogP contribution in [0, 0.1) is 11.3 Å². The summed E-state index contributed by atoms with van der Waals surface area (Å²) in [6.07, 6.45) is 0.133. The number of benzene rings is 1.